The van der Waals surface area contributed by atoms with Crippen molar-refractivity contribution in [1.29, 1.82) is 0 Å². The number of fused-ring (bicyclic) bond motifs is 2. The summed E-state index contributed by atoms with van der Waals surface area (Å²) in [5, 5.41) is 16.9. The Hall–Kier alpha value is -4.90. The normalized spacial score (nSPS) is 10.5. The third-order valence-corrected chi connectivity index (χ3v) is 6.66. The molecular formula is C29H27N5O5S. The molecule has 0 aliphatic carbocycles. The molecule has 0 fully saturated rings. The van der Waals surface area contributed by atoms with Crippen LogP contribution in [0, 0.1) is 10.1 Å². The summed E-state index contributed by atoms with van der Waals surface area (Å²) in [6, 6.07) is 25.7. The second kappa shape index (κ2) is 12.8. The molecule has 4 aromatic carbocycles. The van der Waals surface area contributed by atoms with E-state index in [1.807, 2.05) is 71.3 Å². The minimum absolute atomic E-state index is 0.0484. The van der Waals surface area contributed by atoms with Crippen molar-refractivity contribution in [3.05, 3.63) is 95.0 Å². The SMILES string of the molecule is CN(C)C=O.COc1ccccc1-n1c(SCC(=O)Nc2ccc3ccccc3c2)nc2cc([N+](=O)[O-])ccc21. The molecule has 5 aromatic rings. The molecular weight excluding hydrogens is 530 g/mol. The lowest BCUT2D eigenvalue weighted by molar-refractivity contribution is -0.384. The lowest BCUT2D eigenvalue weighted by Crippen LogP contribution is -2.14. The first-order valence-electron chi connectivity index (χ1n) is 12.1. The molecule has 11 heteroatoms. The van der Waals surface area contributed by atoms with Crippen molar-refractivity contribution in [1.82, 2.24) is 14.5 Å². The van der Waals surface area contributed by atoms with Crippen molar-refractivity contribution >= 4 is 57.3 Å². The monoisotopic (exact) mass is 557 g/mol. The van der Waals surface area contributed by atoms with Crippen molar-refractivity contribution < 1.29 is 19.2 Å². The van der Waals surface area contributed by atoms with Crippen LogP contribution in [0.1, 0.15) is 0 Å². The number of nitro groups is 1. The third-order valence-electron chi connectivity index (χ3n) is 5.72. The summed E-state index contributed by atoms with van der Waals surface area (Å²) >= 11 is 1.25. The largest absolute Gasteiger partial charge is 0.495 e. The van der Waals surface area contributed by atoms with Crippen LogP contribution < -0.4 is 10.1 Å². The van der Waals surface area contributed by atoms with Crippen molar-refractivity contribution in [2.75, 3.05) is 32.3 Å². The minimum Gasteiger partial charge on any atom is -0.495 e. The number of hydrogen-bond donors (Lipinski definition) is 1. The summed E-state index contributed by atoms with van der Waals surface area (Å²) < 4.78 is 7.38. The van der Waals surface area contributed by atoms with Crippen LogP contribution in [0.2, 0.25) is 0 Å². The lowest BCUT2D eigenvalue weighted by Gasteiger charge is -2.13. The molecule has 0 unspecified atom stereocenters. The molecule has 10 nitrogen and oxygen atoms in total. The topological polar surface area (TPSA) is 120 Å². The first-order chi connectivity index (χ1) is 19.3. The standard InChI is InChI=1S/C26H20N4O4S.C3H7NO/c1-34-24-9-5-4-8-23(24)29-22-13-12-20(30(32)33)15-21(22)28-26(29)35-16-25(31)27-19-11-10-17-6-2-3-7-18(17)14-19;1-4(2)3-5/h2-15H,16H2,1H3,(H,27,31);3H,1-2H3. The summed E-state index contributed by atoms with van der Waals surface area (Å²) in [6.45, 7) is 0. The number of thioether (sulfide) groups is 1. The fourth-order valence-corrected chi connectivity index (χ4v) is 4.72. The third kappa shape index (κ3) is 6.56. The maximum atomic E-state index is 12.8. The maximum Gasteiger partial charge on any atom is 0.271 e. The number of nitro benzene ring substituents is 1. The molecule has 0 radical (unpaired) electrons. The van der Waals surface area contributed by atoms with Crippen molar-refractivity contribution in [3.8, 4) is 11.4 Å². The molecule has 0 bridgehead atoms. The Morgan fingerprint density at radius 2 is 1.75 bits per heavy atom. The predicted molar refractivity (Wildman–Crippen MR) is 157 cm³/mol. The first-order valence-corrected chi connectivity index (χ1v) is 13.1. The zero-order chi connectivity index (χ0) is 28.6. The van der Waals surface area contributed by atoms with Crippen molar-refractivity contribution in [2.24, 2.45) is 0 Å². The number of anilines is 1. The lowest BCUT2D eigenvalue weighted by atomic mass is 10.1. The smallest absolute Gasteiger partial charge is 0.271 e. The van der Waals surface area contributed by atoms with Crippen LogP contribution in [-0.4, -0.2) is 58.6 Å². The number of carbonyl (C=O) groups excluding carboxylic acids is 2. The van der Waals surface area contributed by atoms with Gasteiger partial charge in [-0.2, -0.15) is 0 Å². The molecule has 1 N–H and O–H groups in total. The second-order valence-electron chi connectivity index (χ2n) is 8.80. The van der Waals surface area contributed by atoms with E-state index >= 15 is 0 Å². The Bertz CT molecular complexity index is 1680. The van der Waals surface area contributed by atoms with Gasteiger partial charge >= 0.3 is 0 Å². The van der Waals surface area contributed by atoms with E-state index in [9.17, 15) is 19.7 Å². The van der Waals surface area contributed by atoms with Gasteiger partial charge in [-0.05, 0) is 41.1 Å². The molecule has 2 amide bonds. The molecule has 5 rings (SSSR count). The van der Waals surface area contributed by atoms with E-state index in [0.717, 1.165) is 22.9 Å². The highest BCUT2D eigenvalue weighted by atomic mass is 32.2. The zero-order valence-electron chi connectivity index (χ0n) is 22.1. The Morgan fingerprint density at radius 1 is 1.05 bits per heavy atom. The number of aromatic nitrogens is 2. The van der Waals surface area contributed by atoms with Gasteiger partial charge in [-0.25, -0.2) is 4.98 Å². The Balaban J connectivity index is 0.000000681. The van der Waals surface area contributed by atoms with Crippen LogP contribution in [0.3, 0.4) is 0 Å². The number of amides is 2. The highest BCUT2D eigenvalue weighted by Crippen LogP contribution is 2.34. The summed E-state index contributed by atoms with van der Waals surface area (Å²) in [6.07, 6.45) is 0.750. The number of nitrogens with one attached hydrogen (secondary N) is 1. The molecule has 1 aromatic heterocycles. The highest BCUT2D eigenvalue weighted by Gasteiger charge is 2.19. The molecule has 0 saturated carbocycles. The van der Waals surface area contributed by atoms with Gasteiger partial charge in [-0.1, -0.05) is 54.2 Å². The van der Waals surface area contributed by atoms with Crippen molar-refractivity contribution in [3.63, 3.8) is 0 Å². The predicted octanol–water partition coefficient (Wildman–Crippen LogP) is 5.53. The first kappa shape index (κ1) is 28.1. The number of rotatable bonds is 8. The number of methoxy groups -OCH3 is 1. The molecule has 0 aliphatic rings. The Morgan fingerprint density at radius 3 is 2.45 bits per heavy atom. The van der Waals surface area contributed by atoms with Crippen LogP contribution in [0.4, 0.5) is 11.4 Å². The minimum atomic E-state index is -0.453. The van der Waals surface area contributed by atoms with Gasteiger partial charge in [0.2, 0.25) is 12.3 Å². The maximum absolute atomic E-state index is 12.8. The van der Waals surface area contributed by atoms with Gasteiger partial charge in [0.05, 0.1) is 34.5 Å². The summed E-state index contributed by atoms with van der Waals surface area (Å²) in [4.78, 5) is 39.1. The fraction of sp³-hybridized carbons (Fsp3) is 0.138. The molecule has 204 valence electrons. The van der Waals surface area contributed by atoms with E-state index < -0.39 is 4.92 Å². The fourth-order valence-electron chi connectivity index (χ4n) is 3.90. The van der Waals surface area contributed by atoms with Crippen LogP contribution in [-0.2, 0) is 9.59 Å². The van der Waals surface area contributed by atoms with E-state index in [0.29, 0.717) is 27.6 Å². The number of benzene rings is 4. The average Bonchev–Trinajstić information content (AvgIpc) is 3.33. The summed E-state index contributed by atoms with van der Waals surface area (Å²) in [5.74, 6) is 0.537. The molecule has 40 heavy (non-hydrogen) atoms. The van der Waals surface area contributed by atoms with Gasteiger partial charge in [0.1, 0.15) is 5.75 Å². The van der Waals surface area contributed by atoms with Gasteiger partial charge in [-0.15, -0.1) is 0 Å². The van der Waals surface area contributed by atoms with Crippen LogP contribution in [0.25, 0.3) is 27.5 Å². The van der Waals surface area contributed by atoms with E-state index in [4.69, 9.17) is 4.74 Å². The number of nitrogens with zero attached hydrogens (tertiary/aromatic N) is 4. The van der Waals surface area contributed by atoms with Crippen LogP contribution in [0.15, 0.2) is 90.1 Å². The number of para-hydroxylation sites is 2. The molecule has 0 spiro atoms. The molecule has 0 saturated heterocycles. The van der Waals surface area contributed by atoms with Crippen molar-refractivity contribution in [2.45, 2.75) is 5.16 Å². The quantitative estimate of drug-likeness (QED) is 0.115. The van der Waals surface area contributed by atoms with Crippen LogP contribution in [0.5, 0.6) is 5.75 Å². The van der Waals surface area contributed by atoms with E-state index in [1.165, 1.54) is 28.8 Å². The zero-order valence-corrected chi connectivity index (χ0v) is 22.9. The van der Waals surface area contributed by atoms with Gasteiger partial charge < -0.3 is 15.0 Å². The number of imidazole rings is 1. The van der Waals surface area contributed by atoms with E-state index in [-0.39, 0.29) is 17.3 Å². The Labute approximate surface area is 234 Å². The number of hydrogen-bond acceptors (Lipinski definition) is 7. The molecule has 0 aliphatic heterocycles. The summed E-state index contributed by atoms with van der Waals surface area (Å²) in [7, 11) is 4.95. The number of ether oxygens (including phenoxy) is 1. The number of carbonyl (C=O) groups is 2. The summed E-state index contributed by atoms with van der Waals surface area (Å²) in [5.41, 5.74) is 2.53. The van der Waals surface area contributed by atoms with Gasteiger partial charge in [-0.3, -0.25) is 24.3 Å². The number of non-ortho nitro benzene ring substituents is 1. The van der Waals surface area contributed by atoms with Gasteiger partial charge in [0.25, 0.3) is 5.69 Å². The molecule has 0 atom stereocenters. The van der Waals surface area contributed by atoms with E-state index in [1.54, 1.807) is 27.3 Å². The Kier molecular flexibility index (Phi) is 8.97. The molecule has 1 heterocycles. The van der Waals surface area contributed by atoms with Gasteiger partial charge in [0.15, 0.2) is 5.16 Å². The average molecular weight is 558 g/mol. The second-order valence-corrected chi connectivity index (χ2v) is 9.74. The highest BCUT2D eigenvalue weighted by molar-refractivity contribution is 7.99. The van der Waals surface area contributed by atoms with E-state index in [2.05, 4.69) is 10.3 Å². The van der Waals surface area contributed by atoms with Crippen LogP contribution >= 0.6 is 11.8 Å². The van der Waals surface area contributed by atoms with Gasteiger partial charge in [0, 0.05) is 31.9 Å².